The van der Waals surface area contributed by atoms with Gasteiger partial charge in [0.2, 0.25) is 0 Å². The lowest BCUT2D eigenvalue weighted by molar-refractivity contribution is -0.117. The lowest BCUT2D eigenvalue weighted by Gasteiger charge is -2.32. The quantitative estimate of drug-likeness (QED) is 0.524. The van der Waals surface area contributed by atoms with Gasteiger partial charge in [0.25, 0.3) is 0 Å². The molecule has 6 nitrogen and oxygen atoms in total. The molecule has 3 heterocycles. The lowest BCUT2D eigenvalue weighted by atomic mass is 9.96. The molecule has 0 unspecified atom stereocenters. The number of ketones is 1. The van der Waals surface area contributed by atoms with E-state index in [-0.39, 0.29) is 11.5 Å². The van der Waals surface area contributed by atoms with Crippen LogP contribution in [0.4, 0.5) is 0 Å². The van der Waals surface area contributed by atoms with Crippen LogP contribution in [0.2, 0.25) is 0 Å². The molecule has 2 aromatic rings. The highest BCUT2D eigenvalue weighted by Crippen LogP contribution is 2.42. The molecule has 1 atom stereocenters. The molecule has 0 amide bonds. The number of sulfone groups is 1. The summed E-state index contributed by atoms with van der Waals surface area (Å²) in [6, 6.07) is 6.99. The summed E-state index contributed by atoms with van der Waals surface area (Å²) in [5, 5.41) is 0.895. The number of fused-ring (bicyclic) bond motifs is 1. The van der Waals surface area contributed by atoms with Gasteiger partial charge in [-0.1, -0.05) is 32.9 Å². The Bertz CT molecular complexity index is 1070. The predicted molar refractivity (Wildman–Crippen MR) is 130 cm³/mol. The number of benzene rings is 1. The molecule has 2 aliphatic heterocycles. The van der Waals surface area contributed by atoms with E-state index in [2.05, 4.69) is 18.7 Å². The van der Waals surface area contributed by atoms with Crippen molar-refractivity contribution in [3.63, 3.8) is 0 Å². The van der Waals surface area contributed by atoms with Gasteiger partial charge >= 0.3 is 0 Å². The lowest BCUT2D eigenvalue weighted by Crippen LogP contribution is -2.33. The number of rotatable bonds is 9. The fourth-order valence-electron chi connectivity index (χ4n) is 4.91. The summed E-state index contributed by atoms with van der Waals surface area (Å²) >= 11 is 1.68. The van der Waals surface area contributed by atoms with Gasteiger partial charge in [0.1, 0.15) is 10.8 Å². The zero-order valence-electron chi connectivity index (χ0n) is 19.7. The van der Waals surface area contributed by atoms with Gasteiger partial charge in [-0.2, -0.15) is 0 Å². The molecule has 0 saturated carbocycles. The first-order valence-electron chi connectivity index (χ1n) is 11.9. The Balaban J connectivity index is 1.38. The van der Waals surface area contributed by atoms with Crippen LogP contribution in [0.15, 0.2) is 29.2 Å². The molecular formula is C25H34N2O4S2. The number of carbonyl (C=O) groups is 1. The summed E-state index contributed by atoms with van der Waals surface area (Å²) in [5.41, 5.74) is 2.00. The van der Waals surface area contributed by atoms with E-state index in [1.807, 2.05) is 0 Å². The summed E-state index contributed by atoms with van der Waals surface area (Å²) in [5.74, 6) is 1.33. The zero-order valence-corrected chi connectivity index (χ0v) is 21.4. The topological polar surface area (TPSA) is 76.6 Å². The molecule has 0 N–H and O–H groups in total. The second kappa shape index (κ2) is 10.3. The predicted octanol–water partition coefficient (Wildman–Crippen LogP) is 4.23. The highest BCUT2D eigenvalue weighted by Gasteiger charge is 2.37. The van der Waals surface area contributed by atoms with E-state index < -0.39 is 9.84 Å². The van der Waals surface area contributed by atoms with Crippen molar-refractivity contribution in [1.82, 2.24) is 9.88 Å². The fraction of sp³-hybridized carbons (Fsp3) is 0.600. The van der Waals surface area contributed by atoms with Gasteiger partial charge in [-0.15, -0.1) is 11.3 Å². The Morgan fingerprint density at radius 3 is 2.52 bits per heavy atom. The zero-order chi connectivity index (χ0) is 23.6. The van der Waals surface area contributed by atoms with Crippen LogP contribution in [-0.2, 0) is 38.8 Å². The Kier molecular flexibility index (Phi) is 7.68. The standard InChI is InChI=1S/C25H34N2O4S2/c1-4-33(29,30)21-7-5-18(6-8-21)13-20(28)14-23-26-24-22(32-23)16-27(25(24)17(2)3)15-19-9-11-31-12-10-19/h5-8,17,19,25H,4,9-16H2,1-3H3/t25-/m1/s1. The van der Waals surface area contributed by atoms with E-state index in [9.17, 15) is 13.2 Å². The second-order valence-electron chi connectivity index (χ2n) is 9.53. The van der Waals surface area contributed by atoms with Crippen LogP contribution in [0.1, 0.15) is 60.8 Å². The third-order valence-corrected chi connectivity index (χ3v) is 9.48. The van der Waals surface area contributed by atoms with Crippen molar-refractivity contribution in [2.75, 3.05) is 25.5 Å². The fourth-order valence-corrected chi connectivity index (χ4v) is 6.95. The molecule has 1 aromatic heterocycles. The van der Waals surface area contributed by atoms with E-state index in [0.717, 1.165) is 49.7 Å². The van der Waals surface area contributed by atoms with E-state index in [1.165, 1.54) is 10.6 Å². The number of ether oxygens (including phenoxy) is 1. The van der Waals surface area contributed by atoms with Crippen molar-refractivity contribution in [3.8, 4) is 0 Å². The van der Waals surface area contributed by atoms with Crippen LogP contribution < -0.4 is 0 Å². The number of hydrogen-bond donors (Lipinski definition) is 0. The van der Waals surface area contributed by atoms with Gasteiger partial charge in [0.05, 0.1) is 28.8 Å². The van der Waals surface area contributed by atoms with Gasteiger partial charge in [-0.05, 0) is 42.4 Å². The van der Waals surface area contributed by atoms with Gasteiger partial charge in [0, 0.05) is 37.6 Å². The second-order valence-corrected chi connectivity index (χ2v) is 13.0. The van der Waals surface area contributed by atoms with Crippen molar-refractivity contribution in [1.29, 1.82) is 0 Å². The largest absolute Gasteiger partial charge is 0.381 e. The van der Waals surface area contributed by atoms with Crippen molar-refractivity contribution < 1.29 is 17.9 Å². The number of aromatic nitrogens is 1. The minimum absolute atomic E-state index is 0.0733. The number of thiazole rings is 1. The van der Waals surface area contributed by atoms with E-state index in [1.54, 1.807) is 42.5 Å². The smallest absolute Gasteiger partial charge is 0.178 e. The third-order valence-electron chi connectivity index (χ3n) is 6.67. The van der Waals surface area contributed by atoms with Gasteiger partial charge in [0.15, 0.2) is 9.84 Å². The van der Waals surface area contributed by atoms with Crippen molar-refractivity contribution in [2.24, 2.45) is 11.8 Å². The highest BCUT2D eigenvalue weighted by atomic mass is 32.2. The molecular weight excluding hydrogens is 456 g/mol. The normalized spacial score (nSPS) is 19.8. The van der Waals surface area contributed by atoms with Crippen LogP contribution in [-0.4, -0.2) is 49.6 Å². The van der Waals surface area contributed by atoms with Crippen LogP contribution in [0, 0.1) is 11.8 Å². The Labute approximate surface area is 201 Å². The van der Waals surface area contributed by atoms with Gasteiger partial charge in [-0.25, -0.2) is 13.4 Å². The number of hydrogen-bond acceptors (Lipinski definition) is 7. The van der Waals surface area contributed by atoms with Crippen LogP contribution >= 0.6 is 11.3 Å². The molecule has 0 radical (unpaired) electrons. The molecule has 2 aliphatic rings. The minimum atomic E-state index is -3.22. The van der Waals surface area contributed by atoms with Crippen molar-refractivity contribution >= 4 is 27.0 Å². The molecule has 8 heteroatoms. The SMILES string of the molecule is CCS(=O)(=O)c1ccc(CC(=O)Cc2nc3c(s2)CN(CC2CCOCC2)[C@@H]3C(C)C)cc1. The average molecular weight is 491 g/mol. The van der Waals surface area contributed by atoms with E-state index >= 15 is 0 Å². The first-order valence-corrected chi connectivity index (χ1v) is 14.4. The van der Waals surface area contributed by atoms with Crippen LogP contribution in [0.5, 0.6) is 0 Å². The molecule has 180 valence electrons. The minimum Gasteiger partial charge on any atom is -0.381 e. The molecule has 1 fully saturated rings. The Morgan fingerprint density at radius 1 is 1.18 bits per heavy atom. The summed E-state index contributed by atoms with van der Waals surface area (Å²) in [7, 11) is -3.22. The monoisotopic (exact) mass is 490 g/mol. The first-order chi connectivity index (χ1) is 15.8. The molecule has 0 spiro atoms. The molecule has 0 bridgehead atoms. The summed E-state index contributed by atoms with van der Waals surface area (Å²) in [6.07, 6.45) is 2.89. The molecule has 1 aromatic carbocycles. The van der Waals surface area contributed by atoms with Crippen molar-refractivity contribution in [2.45, 2.75) is 63.9 Å². The Morgan fingerprint density at radius 2 is 1.88 bits per heavy atom. The molecule has 33 heavy (non-hydrogen) atoms. The summed E-state index contributed by atoms with van der Waals surface area (Å²) < 4.78 is 29.5. The average Bonchev–Trinajstić information content (AvgIpc) is 3.31. The molecule has 4 rings (SSSR count). The number of nitrogens with zero attached hydrogens (tertiary/aromatic N) is 2. The first kappa shape index (κ1) is 24.5. The maximum Gasteiger partial charge on any atom is 0.178 e. The van der Waals surface area contributed by atoms with Crippen LogP contribution in [0.25, 0.3) is 0 Å². The van der Waals surface area contributed by atoms with Gasteiger partial charge in [-0.3, -0.25) is 9.69 Å². The van der Waals surface area contributed by atoms with Crippen molar-refractivity contribution in [3.05, 3.63) is 45.4 Å². The number of Topliss-reactive ketones (excluding diaryl/α,β-unsaturated/α-hetero) is 1. The molecule has 0 aliphatic carbocycles. The maximum absolute atomic E-state index is 12.7. The maximum atomic E-state index is 12.7. The highest BCUT2D eigenvalue weighted by molar-refractivity contribution is 7.91. The van der Waals surface area contributed by atoms with Crippen LogP contribution in [0.3, 0.4) is 0 Å². The Hall–Kier alpha value is -1.61. The van der Waals surface area contributed by atoms with E-state index in [4.69, 9.17) is 9.72 Å². The summed E-state index contributed by atoms with van der Waals surface area (Å²) in [4.78, 5) is 21.8. The third kappa shape index (κ3) is 5.73. The van der Waals surface area contributed by atoms with E-state index in [0.29, 0.717) is 35.6 Å². The molecule has 1 saturated heterocycles. The summed E-state index contributed by atoms with van der Waals surface area (Å²) in [6.45, 7) is 9.89. The van der Waals surface area contributed by atoms with Gasteiger partial charge < -0.3 is 4.74 Å². The number of carbonyl (C=O) groups excluding carboxylic acids is 1.